The van der Waals surface area contributed by atoms with Crippen molar-refractivity contribution in [3.05, 3.63) is 64.0 Å². The molecular weight excluding hydrogens is 386 g/mol. The van der Waals surface area contributed by atoms with Crippen LogP contribution in [-0.2, 0) is 4.79 Å². The number of halogens is 1. The zero-order chi connectivity index (χ0) is 19.4. The highest BCUT2D eigenvalue weighted by Crippen LogP contribution is 2.35. The number of phenolic OH excluding ortho intramolecular Hbond substituents is 2. The molecule has 1 heterocycles. The third-order valence-corrected chi connectivity index (χ3v) is 4.70. The average Bonchev–Trinajstić information content (AvgIpc) is 3.03. The molecule has 3 N–H and O–H groups in total. The van der Waals surface area contributed by atoms with Gasteiger partial charge in [0, 0.05) is 5.56 Å². The molecule has 0 radical (unpaired) electrons. The molecule has 0 fully saturated rings. The molecule has 0 bridgehead atoms. The Morgan fingerprint density at radius 1 is 1.19 bits per heavy atom. The number of amides is 1. The van der Waals surface area contributed by atoms with E-state index in [0.29, 0.717) is 15.6 Å². The summed E-state index contributed by atoms with van der Waals surface area (Å²) >= 11 is 7.30. The highest BCUT2D eigenvalue weighted by atomic mass is 35.5. The van der Waals surface area contributed by atoms with Gasteiger partial charge >= 0.3 is 0 Å². The summed E-state index contributed by atoms with van der Waals surface area (Å²) < 4.78 is 0.419. The number of aromatic nitrogens is 1. The maximum absolute atomic E-state index is 12.4. The number of anilines is 1. The van der Waals surface area contributed by atoms with E-state index >= 15 is 0 Å². The molecule has 0 saturated heterocycles. The average molecular weight is 398 g/mol. The van der Waals surface area contributed by atoms with E-state index in [0.717, 1.165) is 16.9 Å². The molecule has 1 aromatic heterocycles. The van der Waals surface area contributed by atoms with Gasteiger partial charge in [-0.25, -0.2) is 4.98 Å². The van der Waals surface area contributed by atoms with Gasteiger partial charge in [0.1, 0.15) is 21.7 Å². The second-order valence-electron chi connectivity index (χ2n) is 5.38. The number of hydrogen-bond donors (Lipinski definition) is 3. The van der Waals surface area contributed by atoms with Gasteiger partial charge in [-0.15, -0.1) is 0 Å². The van der Waals surface area contributed by atoms with Gasteiger partial charge < -0.3 is 10.2 Å². The van der Waals surface area contributed by atoms with Crippen molar-refractivity contribution in [2.24, 2.45) is 0 Å². The Balaban J connectivity index is 1.82. The van der Waals surface area contributed by atoms with Crippen LogP contribution in [0.3, 0.4) is 0 Å². The fourth-order valence-electron chi connectivity index (χ4n) is 2.24. The van der Waals surface area contributed by atoms with Crippen LogP contribution in [0.5, 0.6) is 11.5 Å². The van der Waals surface area contributed by atoms with Crippen molar-refractivity contribution in [1.29, 1.82) is 5.26 Å². The van der Waals surface area contributed by atoms with E-state index in [1.165, 1.54) is 24.3 Å². The van der Waals surface area contributed by atoms with Crippen LogP contribution in [0.2, 0.25) is 4.34 Å². The summed E-state index contributed by atoms with van der Waals surface area (Å²) in [5, 5.41) is 30.9. The van der Waals surface area contributed by atoms with E-state index in [-0.39, 0.29) is 22.2 Å². The number of nitriles is 1. The molecule has 6 nitrogen and oxygen atoms in total. The molecule has 0 atom stereocenters. The molecule has 0 saturated carbocycles. The van der Waals surface area contributed by atoms with Crippen molar-refractivity contribution in [2.45, 2.75) is 0 Å². The van der Waals surface area contributed by atoms with Crippen molar-refractivity contribution in [1.82, 2.24) is 4.98 Å². The van der Waals surface area contributed by atoms with Crippen LogP contribution < -0.4 is 5.32 Å². The fraction of sp³-hybridized carbons (Fsp3) is 0. The minimum atomic E-state index is -0.657. The second kappa shape index (κ2) is 7.91. The van der Waals surface area contributed by atoms with Crippen molar-refractivity contribution >= 4 is 40.1 Å². The van der Waals surface area contributed by atoms with Crippen LogP contribution in [0, 0.1) is 11.3 Å². The topological polar surface area (TPSA) is 106 Å². The molecular formula is C19H12ClN3O3S. The molecule has 0 aliphatic rings. The van der Waals surface area contributed by atoms with Crippen LogP contribution >= 0.6 is 22.9 Å². The predicted octanol–water partition coefficient (Wildman–Crippen LogP) is 4.42. The summed E-state index contributed by atoms with van der Waals surface area (Å²) in [5.41, 5.74) is 1.56. The zero-order valence-corrected chi connectivity index (χ0v) is 15.3. The van der Waals surface area contributed by atoms with Crippen molar-refractivity contribution < 1.29 is 15.0 Å². The molecule has 3 aromatic rings. The van der Waals surface area contributed by atoms with Crippen LogP contribution in [0.25, 0.3) is 17.3 Å². The molecule has 27 heavy (non-hydrogen) atoms. The molecule has 1 amide bonds. The Bertz CT molecular complexity index is 1070. The minimum Gasteiger partial charge on any atom is -0.504 e. The second-order valence-corrected chi connectivity index (χ2v) is 6.98. The largest absolute Gasteiger partial charge is 0.504 e. The summed E-state index contributed by atoms with van der Waals surface area (Å²) in [6, 6.07) is 15.1. The summed E-state index contributed by atoms with van der Waals surface area (Å²) in [4.78, 5) is 16.7. The zero-order valence-electron chi connectivity index (χ0n) is 13.7. The number of carbonyl (C=O) groups is 1. The number of carbonyl (C=O) groups excluding carboxylic acids is 1. The number of hydrogen-bond acceptors (Lipinski definition) is 6. The lowest BCUT2D eigenvalue weighted by Gasteiger charge is -2.02. The number of nitrogens with one attached hydrogen (secondary N) is 1. The highest BCUT2D eigenvalue weighted by Gasteiger charge is 2.16. The van der Waals surface area contributed by atoms with Gasteiger partial charge in [-0.2, -0.15) is 5.26 Å². The molecule has 3 rings (SSSR count). The number of rotatable bonds is 4. The van der Waals surface area contributed by atoms with Crippen LogP contribution in [0.1, 0.15) is 5.56 Å². The third kappa shape index (κ3) is 4.26. The maximum atomic E-state index is 12.4. The Kier molecular flexibility index (Phi) is 5.41. The number of benzene rings is 2. The summed E-state index contributed by atoms with van der Waals surface area (Å²) in [5.74, 6) is -1.29. The van der Waals surface area contributed by atoms with Gasteiger partial charge in [-0.1, -0.05) is 59.3 Å². The normalized spacial score (nSPS) is 11.0. The van der Waals surface area contributed by atoms with E-state index in [9.17, 15) is 20.3 Å². The van der Waals surface area contributed by atoms with Gasteiger partial charge in [-0.05, 0) is 23.8 Å². The predicted molar refractivity (Wildman–Crippen MR) is 105 cm³/mol. The van der Waals surface area contributed by atoms with Gasteiger partial charge in [-0.3, -0.25) is 10.1 Å². The summed E-state index contributed by atoms with van der Waals surface area (Å²) in [7, 11) is 0. The van der Waals surface area contributed by atoms with Crippen molar-refractivity contribution in [2.75, 3.05) is 5.32 Å². The van der Waals surface area contributed by atoms with E-state index in [1.54, 1.807) is 6.07 Å². The van der Waals surface area contributed by atoms with E-state index in [1.807, 2.05) is 30.3 Å². The first-order valence-electron chi connectivity index (χ1n) is 7.65. The first kappa shape index (κ1) is 18.5. The van der Waals surface area contributed by atoms with E-state index in [2.05, 4.69) is 10.3 Å². The van der Waals surface area contributed by atoms with Gasteiger partial charge in [0.25, 0.3) is 5.91 Å². The van der Waals surface area contributed by atoms with Gasteiger partial charge in [0.15, 0.2) is 16.6 Å². The number of aromatic hydroxyl groups is 2. The number of nitrogens with zero attached hydrogens (tertiary/aromatic N) is 2. The fourth-order valence-corrected chi connectivity index (χ4v) is 3.32. The quantitative estimate of drug-likeness (QED) is 0.343. The lowest BCUT2D eigenvalue weighted by atomic mass is 10.1. The third-order valence-electron chi connectivity index (χ3n) is 3.53. The Labute approximate surface area is 163 Å². The maximum Gasteiger partial charge on any atom is 0.268 e. The van der Waals surface area contributed by atoms with Gasteiger partial charge in [0.05, 0.1) is 0 Å². The first-order chi connectivity index (χ1) is 13.0. The molecule has 0 unspecified atom stereocenters. The lowest BCUT2D eigenvalue weighted by molar-refractivity contribution is -0.112. The van der Waals surface area contributed by atoms with Crippen LogP contribution in [0.4, 0.5) is 5.13 Å². The van der Waals surface area contributed by atoms with Crippen molar-refractivity contribution in [3.63, 3.8) is 0 Å². The highest BCUT2D eigenvalue weighted by molar-refractivity contribution is 7.20. The summed E-state index contributed by atoms with van der Waals surface area (Å²) in [6.07, 6.45) is 1.29. The smallest absolute Gasteiger partial charge is 0.268 e. The monoisotopic (exact) mass is 397 g/mol. The molecule has 0 spiro atoms. The van der Waals surface area contributed by atoms with E-state index in [4.69, 9.17) is 11.6 Å². The standard InChI is InChI=1S/C19H12ClN3O3S/c20-17-16(12-4-2-1-3-5-12)22-19(27-17)23-18(26)13(10-21)8-11-6-7-14(24)15(25)9-11/h1-9,24-25H,(H,22,23,26)/b13-8+. The van der Waals surface area contributed by atoms with Crippen molar-refractivity contribution in [3.8, 4) is 28.8 Å². The SMILES string of the molecule is N#C/C(=C\c1ccc(O)c(O)c1)C(=O)Nc1nc(-c2ccccc2)c(Cl)s1. The summed E-state index contributed by atoms with van der Waals surface area (Å²) in [6.45, 7) is 0. The molecule has 134 valence electrons. The number of phenols is 2. The van der Waals surface area contributed by atoms with Crippen LogP contribution in [-0.4, -0.2) is 21.1 Å². The number of thiazole rings is 1. The lowest BCUT2D eigenvalue weighted by Crippen LogP contribution is -2.13. The molecule has 0 aliphatic carbocycles. The Morgan fingerprint density at radius 2 is 1.93 bits per heavy atom. The van der Waals surface area contributed by atoms with Gasteiger partial charge in [0.2, 0.25) is 0 Å². The Morgan fingerprint density at radius 3 is 2.59 bits per heavy atom. The Hall–Kier alpha value is -3.34. The van der Waals surface area contributed by atoms with E-state index < -0.39 is 5.91 Å². The van der Waals surface area contributed by atoms with Crippen LogP contribution in [0.15, 0.2) is 54.1 Å². The molecule has 0 aliphatic heterocycles. The minimum absolute atomic E-state index is 0.187. The molecule has 8 heteroatoms. The molecule has 2 aromatic carbocycles. The first-order valence-corrected chi connectivity index (χ1v) is 8.84.